The van der Waals surface area contributed by atoms with Gasteiger partial charge < -0.3 is 15.5 Å². The molecule has 0 aliphatic carbocycles. The molecule has 31 heavy (non-hydrogen) atoms. The molecule has 2 aromatic carbocycles. The van der Waals surface area contributed by atoms with Gasteiger partial charge >= 0.3 is 0 Å². The van der Waals surface area contributed by atoms with Gasteiger partial charge in [0.15, 0.2) is 5.82 Å². The van der Waals surface area contributed by atoms with Crippen LogP contribution in [0.3, 0.4) is 0 Å². The average molecular weight is 458 g/mol. The Kier molecular flexibility index (Phi) is 6.11. The second-order valence-electron chi connectivity index (χ2n) is 7.49. The predicted octanol–water partition coefficient (Wildman–Crippen LogP) is 4.52. The van der Waals surface area contributed by atoms with Crippen LogP contribution in [0, 0.1) is 13.8 Å². The molecule has 2 N–H and O–H groups in total. The van der Waals surface area contributed by atoms with Crippen molar-refractivity contribution in [2.75, 3.05) is 17.9 Å². The van der Waals surface area contributed by atoms with Gasteiger partial charge in [-0.2, -0.15) is 0 Å². The minimum atomic E-state index is -0.480. The smallest absolute Gasteiger partial charge is 0.240 e. The summed E-state index contributed by atoms with van der Waals surface area (Å²) in [5.41, 5.74) is 7.26. The van der Waals surface area contributed by atoms with Gasteiger partial charge in [-0.25, -0.2) is 4.68 Å². The number of aromatic nitrogens is 3. The molecule has 0 unspecified atom stereocenters. The number of carbonyl (C=O) groups excluding carboxylic acids is 1. The maximum atomic E-state index is 13.4. The minimum absolute atomic E-state index is 0.119. The Labute approximate surface area is 190 Å². The quantitative estimate of drug-likeness (QED) is 0.586. The summed E-state index contributed by atoms with van der Waals surface area (Å²) < 4.78 is 7.14. The third-order valence-electron chi connectivity index (χ3n) is 5.10. The number of carbonyl (C=O) groups is 1. The predicted molar refractivity (Wildman–Crippen MR) is 124 cm³/mol. The average Bonchev–Trinajstić information content (AvgIpc) is 3.14. The molecule has 1 aliphatic rings. The normalized spacial score (nSPS) is 17.6. The van der Waals surface area contributed by atoms with E-state index >= 15 is 0 Å². The fraction of sp³-hybridized carbons (Fsp3) is 0.318. The molecule has 0 bridgehead atoms. The van der Waals surface area contributed by atoms with Gasteiger partial charge in [0.2, 0.25) is 11.1 Å². The first-order valence-electron chi connectivity index (χ1n) is 9.99. The summed E-state index contributed by atoms with van der Waals surface area (Å²) in [6.45, 7) is 6.04. The number of ether oxygens (including phenoxy) is 1. The van der Waals surface area contributed by atoms with E-state index in [-0.39, 0.29) is 11.9 Å². The summed E-state index contributed by atoms with van der Waals surface area (Å²) in [6, 6.07) is 11.2. The van der Waals surface area contributed by atoms with Crippen molar-refractivity contribution in [3.8, 4) is 5.75 Å². The van der Waals surface area contributed by atoms with Crippen LogP contribution in [-0.2, 0) is 11.2 Å². The Morgan fingerprint density at radius 2 is 1.97 bits per heavy atom. The number of hydrogen-bond acceptors (Lipinski definition) is 6. The first-order valence-corrected chi connectivity index (χ1v) is 11.3. The number of nitrogens with zero attached hydrogens (tertiary/aromatic N) is 3. The zero-order valence-electron chi connectivity index (χ0n) is 17.8. The third kappa shape index (κ3) is 4.36. The maximum absolute atomic E-state index is 13.4. The molecule has 1 amide bonds. The van der Waals surface area contributed by atoms with E-state index in [4.69, 9.17) is 16.3 Å². The van der Waals surface area contributed by atoms with E-state index in [2.05, 4.69) is 27.0 Å². The molecule has 9 heteroatoms. The van der Waals surface area contributed by atoms with Crippen molar-refractivity contribution in [2.24, 2.45) is 0 Å². The lowest BCUT2D eigenvalue weighted by atomic mass is 10.0. The Hall–Kier alpha value is -2.71. The van der Waals surface area contributed by atoms with E-state index in [1.807, 2.05) is 55.8 Å². The summed E-state index contributed by atoms with van der Waals surface area (Å²) in [4.78, 5) is 13.4. The Morgan fingerprint density at radius 1 is 1.23 bits per heavy atom. The lowest BCUT2D eigenvalue weighted by Crippen LogP contribution is -2.41. The third-order valence-corrected chi connectivity index (χ3v) is 6.61. The molecule has 2 atom stereocenters. The number of thioether (sulfide) groups is 1. The van der Waals surface area contributed by atoms with Crippen molar-refractivity contribution in [2.45, 2.75) is 43.6 Å². The Bertz CT molecular complexity index is 1110. The number of halogens is 1. The molecule has 162 valence electrons. The molecule has 1 aliphatic heterocycles. The maximum Gasteiger partial charge on any atom is 0.240 e. The summed E-state index contributed by atoms with van der Waals surface area (Å²) in [5.74, 6) is 1.27. The van der Waals surface area contributed by atoms with E-state index in [0.717, 1.165) is 34.6 Å². The number of hydrogen-bond donors (Lipinski definition) is 2. The van der Waals surface area contributed by atoms with Crippen molar-refractivity contribution >= 4 is 35.0 Å². The van der Waals surface area contributed by atoms with Gasteiger partial charge in [-0.15, -0.1) is 10.2 Å². The highest BCUT2D eigenvalue weighted by Gasteiger charge is 2.38. The van der Waals surface area contributed by atoms with Crippen LogP contribution in [0.25, 0.3) is 0 Å². The molecule has 1 aromatic heterocycles. The van der Waals surface area contributed by atoms with Crippen molar-refractivity contribution < 1.29 is 9.53 Å². The van der Waals surface area contributed by atoms with E-state index < -0.39 is 5.25 Å². The topological polar surface area (TPSA) is 81.1 Å². The zero-order valence-corrected chi connectivity index (χ0v) is 19.3. The van der Waals surface area contributed by atoms with Crippen LogP contribution in [0.15, 0.2) is 41.6 Å². The van der Waals surface area contributed by atoms with Crippen LogP contribution in [0.4, 0.5) is 5.69 Å². The molecule has 0 spiro atoms. The second kappa shape index (κ2) is 8.80. The van der Waals surface area contributed by atoms with Gasteiger partial charge in [0, 0.05) is 12.1 Å². The molecular formula is C22H24ClN5O2S. The number of methoxy groups -OCH3 is 1. The van der Waals surface area contributed by atoms with Gasteiger partial charge in [-0.05, 0) is 54.8 Å². The Morgan fingerprint density at radius 3 is 2.61 bits per heavy atom. The van der Waals surface area contributed by atoms with E-state index in [9.17, 15) is 4.79 Å². The first-order chi connectivity index (χ1) is 14.9. The fourth-order valence-electron chi connectivity index (χ4n) is 3.71. The van der Waals surface area contributed by atoms with Crippen LogP contribution >= 0.6 is 23.4 Å². The standard InChI is InChI=1S/C22H24ClN5O2S/c1-5-18-25-26-22-28(18)27-19(14-6-7-17(30-4)16(23)11-14)20(31-22)21(29)24-15-9-12(2)8-13(3)10-15/h6-11,19-20,27H,5H2,1-4H3,(H,24,29)/t19-,20-/m0/s1. The molecule has 0 fully saturated rings. The molecule has 3 aromatic rings. The van der Waals surface area contributed by atoms with Crippen molar-refractivity contribution in [3.05, 3.63) is 63.9 Å². The first kappa shape index (κ1) is 21.5. The largest absolute Gasteiger partial charge is 0.495 e. The van der Waals surface area contributed by atoms with Crippen LogP contribution < -0.4 is 15.5 Å². The number of anilines is 1. The van der Waals surface area contributed by atoms with Crippen LogP contribution in [0.1, 0.15) is 35.5 Å². The molecule has 4 rings (SSSR count). The highest BCUT2D eigenvalue weighted by molar-refractivity contribution is 8.00. The van der Waals surface area contributed by atoms with E-state index in [1.54, 1.807) is 7.11 Å². The lowest BCUT2D eigenvalue weighted by Gasteiger charge is -2.33. The SMILES string of the molecule is CCc1nnc2n1N[C@@H](c1ccc(OC)c(Cl)c1)[C@@H](C(=O)Nc1cc(C)cc(C)c1)S2. The summed E-state index contributed by atoms with van der Waals surface area (Å²) in [5, 5.41) is 12.2. The van der Waals surface area contributed by atoms with E-state index in [0.29, 0.717) is 15.9 Å². The van der Waals surface area contributed by atoms with Gasteiger partial charge in [0.1, 0.15) is 11.0 Å². The molecule has 0 saturated heterocycles. The molecule has 0 radical (unpaired) electrons. The van der Waals surface area contributed by atoms with Gasteiger partial charge in [-0.3, -0.25) is 4.79 Å². The number of fused-ring (bicyclic) bond motifs is 1. The van der Waals surface area contributed by atoms with Gasteiger partial charge in [0.05, 0.1) is 18.2 Å². The van der Waals surface area contributed by atoms with E-state index in [1.165, 1.54) is 11.8 Å². The van der Waals surface area contributed by atoms with Crippen LogP contribution in [0.5, 0.6) is 5.75 Å². The van der Waals surface area contributed by atoms with Crippen molar-refractivity contribution in [1.82, 2.24) is 14.9 Å². The van der Waals surface area contributed by atoms with Crippen molar-refractivity contribution in [1.29, 1.82) is 0 Å². The fourth-order valence-corrected chi connectivity index (χ4v) is 5.08. The van der Waals surface area contributed by atoms with Crippen LogP contribution in [0.2, 0.25) is 5.02 Å². The molecular weight excluding hydrogens is 434 g/mol. The second-order valence-corrected chi connectivity index (χ2v) is 9.01. The monoisotopic (exact) mass is 457 g/mol. The number of amides is 1. The number of rotatable bonds is 5. The number of benzene rings is 2. The van der Waals surface area contributed by atoms with Gasteiger partial charge in [-0.1, -0.05) is 42.4 Å². The minimum Gasteiger partial charge on any atom is -0.495 e. The molecule has 0 saturated carbocycles. The molecule has 7 nitrogen and oxygen atoms in total. The lowest BCUT2D eigenvalue weighted by molar-refractivity contribution is -0.116. The Balaban J connectivity index is 1.70. The molecule has 2 heterocycles. The van der Waals surface area contributed by atoms with Crippen molar-refractivity contribution in [3.63, 3.8) is 0 Å². The summed E-state index contributed by atoms with van der Waals surface area (Å²) in [6.07, 6.45) is 0.718. The summed E-state index contributed by atoms with van der Waals surface area (Å²) in [7, 11) is 1.58. The summed E-state index contributed by atoms with van der Waals surface area (Å²) >= 11 is 7.77. The zero-order chi connectivity index (χ0) is 22.1. The highest BCUT2D eigenvalue weighted by atomic mass is 35.5. The van der Waals surface area contributed by atoms with Crippen LogP contribution in [-0.4, -0.2) is 33.1 Å². The highest BCUT2D eigenvalue weighted by Crippen LogP contribution is 2.39. The van der Waals surface area contributed by atoms with Gasteiger partial charge in [0.25, 0.3) is 0 Å². The number of aryl methyl sites for hydroxylation is 3. The number of nitrogens with one attached hydrogen (secondary N) is 2.